The molecule has 2 aromatic rings. The minimum absolute atomic E-state index is 0.0839. The molecule has 6 nitrogen and oxygen atoms in total. The van der Waals surface area contributed by atoms with Crippen molar-refractivity contribution in [2.75, 3.05) is 13.1 Å². The number of aromatic nitrogens is 4. The standard InChI is InChI=1S/C15H19N5O/c1-12-5-2-3-7-14(12)13-6-4-8-19(9-13)15(21)10-20-11-16-17-18-20/h2-3,5,7,11,13H,4,6,8-10H2,1H3. The molecule has 0 aliphatic carbocycles. The van der Waals surface area contributed by atoms with Crippen LogP contribution >= 0.6 is 0 Å². The molecule has 0 radical (unpaired) electrons. The third-order valence-corrected chi connectivity index (χ3v) is 4.09. The number of amides is 1. The lowest BCUT2D eigenvalue weighted by Crippen LogP contribution is -2.41. The van der Waals surface area contributed by atoms with Gasteiger partial charge in [0.2, 0.25) is 5.91 Å². The average Bonchev–Trinajstić information content (AvgIpc) is 3.01. The molecule has 0 bridgehead atoms. The molecule has 1 aliphatic rings. The van der Waals surface area contributed by atoms with Crippen molar-refractivity contribution in [2.24, 2.45) is 0 Å². The molecule has 0 saturated carbocycles. The quantitative estimate of drug-likeness (QED) is 0.855. The Labute approximate surface area is 123 Å². The number of tetrazole rings is 1. The fraction of sp³-hybridized carbons (Fsp3) is 0.467. The Kier molecular flexibility index (Phi) is 3.94. The van der Waals surface area contributed by atoms with E-state index in [1.807, 2.05) is 4.90 Å². The van der Waals surface area contributed by atoms with Gasteiger partial charge in [-0.25, -0.2) is 4.68 Å². The summed E-state index contributed by atoms with van der Waals surface area (Å²) in [7, 11) is 0. The molecule has 1 amide bonds. The molecule has 1 aromatic heterocycles. The summed E-state index contributed by atoms with van der Waals surface area (Å²) in [6.45, 7) is 3.96. The third kappa shape index (κ3) is 3.09. The molecule has 0 N–H and O–H groups in total. The second-order valence-electron chi connectivity index (χ2n) is 5.54. The molecule has 1 aliphatic heterocycles. The van der Waals surface area contributed by atoms with Crippen LogP contribution < -0.4 is 0 Å². The number of benzene rings is 1. The van der Waals surface area contributed by atoms with Crippen molar-refractivity contribution in [3.8, 4) is 0 Å². The van der Waals surface area contributed by atoms with Gasteiger partial charge in [0, 0.05) is 19.0 Å². The fourth-order valence-electron chi connectivity index (χ4n) is 2.99. The van der Waals surface area contributed by atoms with Crippen LogP contribution in [0.3, 0.4) is 0 Å². The first-order valence-corrected chi connectivity index (χ1v) is 7.28. The van der Waals surface area contributed by atoms with Gasteiger partial charge in [0.15, 0.2) is 0 Å². The molecule has 3 rings (SSSR count). The van der Waals surface area contributed by atoms with Crippen molar-refractivity contribution >= 4 is 5.91 Å². The van der Waals surface area contributed by atoms with Gasteiger partial charge >= 0.3 is 0 Å². The highest BCUT2D eigenvalue weighted by Crippen LogP contribution is 2.29. The maximum Gasteiger partial charge on any atom is 0.244 e. The first-order valence-electron chi connectivity index (χ1n) is 7.28. The van der Waals surface area contributed by atoms with E-state index in [1.54, 1.807) is 0 Å². The lowest BCUT2D eigenvalue weighted by Gasteiger charge is -2.33. The number of likely N-dealkylation sites (tertiary alicyclic amines) is 1. The Hall–Kier alpha value is -2.24. The van der Waals surface area contributed by atoms with Crippen molar-refractivity contribution in [2.45, 2.75) is 32.2 Å². The van der Waals surface area contributed by atoms with Crippen LogP contribution in [0.4, 0.5) is 0 Å². The second kappa shape index (κ2) is 6.03. The van der Waals surface area contributed by atoms with E-state index >= 15 is 0 Å². The van der Waals surface area contributed by atoms with Crippen LogP contribution in [0.25, 0.3) is 0 Å². The normalized spacial score (nSPS) is 18.7. The van der Waals surface area contributed by atoms with Gasteiger partial charge < -0.3 is 4.90 Å². The Morgan fingerprint density at radius 3 is 3.00 bits per heavy atom. The lowest BCUT2D eigenvalue weighted by atomic mass is 9.88. The molecule has 1 atom stereocenters. The van der Waals surface area contributed by atoms with E-state index < -0.39 is 0 Å². The highest BCUT2D eigenvalue weighted by atomic mass is 16.2. The predicted octanol–water partition coefficient (Wildman–Crippen LogP) is 1.39. The third-order valence-electron chi connectivity index (χ3n) is 4.09. The minimum atomic E-state index is 0.0839. The van der Waals surface area contributed by atoms with Gasteiger partial charge in [-0.2, -0.15) is 0 Å². The molecule has 6 heteroatoms. The Morgan fingerprint density at radius 2 is 2.24 bits per heavy atom. The number of aryl methyl sites for hydroxylation is 1. The SMILES string of the molecule is Cc1ccccc1C1CCCN(C(=O)Cn2cnnn2)C1. The average molecular weight is 285 g/mol. The Morgan fingerprint density at radius 1 is 1.38 bits per heavy atom. The zero-order valence-corrected chi connectivity index (χ0v) is 12.1. The van der Waals surface area contributed by atoms with Gasteiger partial charge in [0.05, 0.1) is 0 Å². The Bertz CT molecular complexity index is 610. The molecule has 1 unspecified atom stereocenters. The number of hydrogen-bond acceptors (Lipinski definition) is 4. The molecule has 21 heavy (non-hydrogen) atoms. The number of piperidine rings is 1. The molecule has 1 fully saturated rings. The first-order chi connectivity index (χ1) is 10.2. The summed E-state index contributed by atoms with van der Waals surface area (Å²) >= 11 is 0. The van der Waals surface area contributed by atoms with E-state index in [-0.39, 0.29) is 12.5 Å². The van der Waals surface area contributed by atoms with Crippen molar-refractivity contribution in [3.63, 3.8) is 0 Å². The lowest BCUT2D eigenvalue weighted by molar-refractivity contribution is -0.133. The largest absolute Gasteiger partial charge is 0.340 e. The van der Waals surface area contributed by atoms with Crippen molar-refractivity contribution in [3.05, 3.63) is 41.7 Å². The van der Waals surface area contributed by atoms with Crippen LogP contribution in [-0.4, -0.2) is 44.1 Å². The van der Waals surface area contributed by atoms with E-state index in [0.717, 1.165) is 25.9 Å². The van der Waals surface area contributed by atoms with Crippen LogP contribution in [0.1, 0.15) is 29.9 Å². The molecule has 1 aromatic carbocycles. The number of nitrogens with zero attached hydrogens (tertiary/aromatic N) is 5. The summed E-state index contributed by atoms with van der Waals surface area (Å²) in [5.74, 6) is 0.512. The van der Waals surface area contributed by atoms with Crippen LogP contribution in [0.15, 0.2) is 30.6 Å². The monoisotopic (exact) mass is 285 g/mol. The van der Waals surface area contributed by atoms with Crippen molar-refractivity contribution < 1.29 is 4.79 Å². The summed E-state index contributed by atoms with van der Waals surface area (Å²) in [6, 6.07) is 8.44. The molecular weight excluding hydrogens is 266 g/mol. The van der Waals surface area contributed by atoms with Crippen molar-refractivity contribution in [1.82, 2.24) is 25.1 Å². The van der Waals surface area contributed by atoms with Gasteiger partial charge in [-0.05, 0) is 41.3 Å². The van der Waals surface area contributed by atoms with E-state index in [9.17, 15) is 4.79 Å². The zero-order chi connectivity index (χ0) is 14.7. The van der Waals surface area contributed by atoms with Crippen LogP contribution in [0.2, 0.25) is 0 Å². The van der Waals surface area contributed by atoms with E-state index in [4.69, 9.17) is 0 Å². The summed E-state index contributed by atoms with van der Waals surface area (Å²) in [4.78, 5) is 14.3. The maximum atomic E-state index is 12.3. The van der Waals surface area contributed by atoms with E-state index in [2.05, 4.69) is 46.7 Å². The van der Waals surface area contributed by atoms with Gasteiger partial charge in [0.25, 0.3) is 0 Å². The second-order valence-corrected chi connectivity index (χ2v) is 5.54. The first kappa shape index (κ1) is 13.7. The smallest absolute Gasteiger partial charge is 0.244 e. The summed E-state index contributed by atoms with van der Waals surface area (Å²) in [5.41, 5.74) is 2.66. The zero-order valence-electron chi connectivity index (χ0n) is 12.1. The topological polar surface area (TPSA) is 63.9 Å². The molecular formula is C15H19N5O. The number of carbonyl (C=O) groups excluding carboxylic acids is 1. The molecule has 110 valence electrons. The maximum absolute atomic E-state index is 12.3. The van der Waals surface area contributed by atoms with Crippen LogP contribution in [-0.2, 0) is 11.3 Å². The van der Waals surface area contributed by atoms with Crippen LogP contribution in [0.5, 0.6) is 0 Å². The molecule has 2 heterocycles. The number of rotatable bonds is 3. The van der Waals surface area contributed by atoms with Gasteiger partial charge in [0.1, 0.15) is 12.9 Å². The highest BCUT2D eigenvalue weighted by Gasteiger charge is 2.25. The van der Waals surface area contributed by atoms with E-state index in [1.165, 1.54) is 22.1 Å². The van der Waals surface area contributed by atoms with E-state index in [0.29, 0.717) is 5.92 Å². The number of hydrogen-bond donors (Lipinski definition) is 0. The van der Waals surface area contributed by atoms with Crippen molar-refractivity contribution in [1.29, 1.82) is 0 Å². The van der Waals surface area contributed by atoms with Crippen LogP contribution in [0, 0.1) is 6.92 Å². The summed E-state index contributed by atoms with van der Waals surface area (Å²) < 4.78 is 1.47. The molecule has 0 spiro atoms. The highest BCUT2D eigenvalue weighted by molar-refractivity contribution is 5.76. The van der Waals surface area contributed by atoms with Gasteiger partial charge in [-0.15, -0.1) is 5.10 Å². The summed E-state index contributed by atoms with van der Waals surface area (Å²) in [6.07, 6.45) is 3.65. The minimum Gasteiger partial charge on any atom is -0.340 e. The van der Waals surface area contributed by atoms with Gasteiger partial charge in [-0.1, -0.05) is 24.3 Å². The number of carbonyl (C=O) groups is 1. The predicted molar refractivity (Wildman–Crippen MR) is 77.6 cm³/mol. The molecule has 1 saturated heterocycles. The van der Waals surface area contributed by atoms with Gasteiger partial charge in [-0.3, -0.25) is 4.79 Å². The summed E-state index contributed by atoms with van der Waals surface area (Å²) in [5, 5.41) is 10.9. The Balaban J connectivity index is 1.68. The fourth-order valence-corrected chi connectivity index (χ4v) is 2.99.